The zero-order chi connectivity index (χ0) is 23.1. The van der Waals surface area contributed by atoms with Gasteiger partial charge in [-0.3, -0.25) is 0 Å². The lowest BCUT2D eigenvalue weighted by Crippen LogP contribution is -2.08. The molecule has 0 atom stereocenters. The van der Waals surface area contributed by atoms with Gasteiger partial charge in [-0.25, -0.2) is 27.5 Å². The molecule has 10 heteroatoms. The van der Waals surface area contributed by atoms with Gasteiger partial charge in [0.05, 0.1) is 0 Å². The molecule has 0 aliphatic rings. The molecule has 0 bridgehead atoms. The maximum Gasteiger partial charge on any atom is 0.159 e. The van der Waals surface area contributed by atoms with E-state index < -0.39 is 23.3 Å². The summed E-state index contributed by atoms with van der Waals surface area (Å²) in [7, 11) is 0. The maximum absolute atomic E-state index is 13.7. The molecule has 0 unspecified atom stereocenters. The highest BCUT2D eigenvalue weighted by Crippen LogP contribution is 2.25. The number of aliphatic imine (C=N–C) groups is 2. The van der Waals surface area contributed by atoms with E-state index >= 15 is 0 Å². The summed E-state index contributed by atoms with van der Waals surface area (Å²) in [6.45, 7) is 0. The predicted molar refractivity (Wildman–Crippen MR) is 124 cm³/mol. The highest BCUT2D eigenvalue weighted by atomic mass is 32.2. The second-order valence-electron chi connectivity index (χ2n) is 6.44. The van der Waals surface area contributed by atoms with Gasteiger partial charge in [-0.1, -0.05) is 47.8 Å². The van der Waals surface area contributed by atoms with Crippen molar-refractivity contribution in [1.29, 1.82) is 0 Å². The van der Waals surface area contributed by atoms with Gasteiger partial charge in [0.2, 0.25) is 0 Å². The van der Waals surface area contributed by atoms with E-state index in [1.807, 2.05) is 24.3 Å². The van der Waals surface area contributed by atoms with Gasteiger partial charge in [0.1, 0.15) is 23.0 Å². The summed E-state index contributed by atoms with van der Waals surface area (Å²) < 4.78 is 53.5. The summed E-state index contributed by atoms with van der Waals surface area (Å²) in [4.78, 5) is 7.98. The third-order valence-electron chi connectivity index (χ3n) is 4.15. The molecule has 3 aromatic rings. The van der Waals surface area contributed by atoms with E-state index in [9.17, 15) is 17.6 Å². The Morgan fingerprint density at radius 2 is 1.06 bits per heavy atom. The fraction of sp³-hybridized carbons (Fsp3) is 0.0909. The minimum Gasteiger partial charge on any atom is -0.378 e. The van der Waals surface area contributed by atoms with Crippen LogP contribution < -0.4 is 11.5 Å². The molecular weight excluding hydrogens is 460 g/mol. The molecular formula is C22H18F4N4S2. The van der Waals surface area contributed by atoms with Gasteiger partial charge >= 0.3 is 0 Å². The van der Waals surface area contributed by atoms with E-state index in [0.29, 0.717) is 11.5 Å². The van der Waals surface area contributed by atoms with Crippen molar-refractivity contribution in [2.45, 2.75) is 11.5 Å². The lowest BCUT2D eigenvalue weighted by Gasteiger charge is -2.09. The van der Waals surface area contributed by atoms with Crippen molar-refractivity contribution >= 4 is 45.2 Å². The van der Waals surface area contributed by atoms with Crippen molar-refractivity contribution in [1.82, 2.24) is 0 Å². The van der Waals surface area contributed by atoms with Crippen LogP contribution in [0.4, 0.5) is 28.9 Å². The van der Waals surface area contributed by atoms with Gasteiger partial charge < -0.3 is 11.5 Å². The third kappa shape index (κ3) is 6.76. The minimum absolute atomic E-state index is 0.0442. The van der Waals surface area contributed by atoms with Gasteiger partial charge in [0.25, 0.3) is 0 Å². The number of nitrogens with zero attached hydrogens (tertiary/aromatic N) is 2. The first-order chi connectivity index (χ1) is 15.3. The SMILES string of the molecule is N/C(=N\c1ccc(F)cc1F)SCc1ccccc1CS/C(N)=N/c1ccc(F)cc1F. The number of rotatable bonds is 6. The molecule has 3 rings (SSSR count). The van der Waals surface area contributed by atoms with Crippen molar-refractivity contribution in [3.63, 3.8) is 0 Å². The normalized spacial score (nSPS) is 12.2. The Hall–Kier alpha value is -2.98. The molecule has 0 amide bonds. The van der Waals surface area contributed by atoms with Gasteiger partial charge in [-0.2, -0.15) is 0 Å². The van der Waals surface area contributed by atoms with Crippen LogP contribution in [0.5, 0.6) is 0 Å². The fourth-order valence-electron chi connectivity index (χ4n) is 2.59. The molecule has 0 aromatic heterocycles. The third-order valence-corrected chi connectivity index (χ3v) is 5.84. The smallest absolute Gasteiger partial charge is 0.159 e. The quantitative estimate of drug-likeness (QED) is 0.259. The maximum atomic E-state index is 13.7. The van der Waals surface area contributed by atoms with Crippen LogP contribution in [-0.2, 0) is 11.5 Å². The Labute approximate surface area is 190 Å². The lowest BCUT2D eigenvalue weighted by atomic mass is 10.1. The zero-order valence-corrected chi connectivity index (χ0v) is 18.2. The average molecular weight is 479 g/mol. The molecule has 3 aromatic carbocycles. The number of nitrogens with two attached hydrogens (primary N) is 2. The standard InChI is InChI=1S/C22H18F4N4S2/c23-15-5-7-19(17(25)9-15)29-21(27)31-11-13-3-1-2-4-14(13)12-32-22(28)30-20-8-6-16(24)10-18(20)26/h1-10H,11-12H2,(H2,27,29)(H2,28,30). The van der Waals surface area contributed by atoms with E-state index in [4.69, 9.17) is 11.5 Å². The van der Waals surface area contributed by atoms with Crippen LogP contribution in [0.3, 0.4) is 0 Å². The summed E-state index contributed by atoms with van der Waals surface area (Å²) in [5.74, 6) is -2.06. The van der Waals surface area contributed by atoms with Crippen molar-refractivity contribution in [2.24, 2.45) is 21.5 Å². The molecule has 0 aliphatic heterocycles. The van der Waals surface area contributed by atoms with Crippen LogP contribution in [0, 0.1) is 23.3 Å². The minimum atomic E-state index is -0.794. The predicted octanol–water partition coefficient (Wildman–Crippen LogP) is 6.00. The van der Waals surface area contributed by atoms with Gasteiger partial charge in [0, 0.05) is 23.6 Å². The molecule has 0 heterocycles. The average Bonchev–Trinajstić information content (AvgIpc) is 2.75. The van der Waals surface area contributed by atoms with Crippen molar-refractivity contribution in [3.05, 3.63) is 95.1 Å². The van der Waals surface area contributed by atoms with Crippen LogP contribution in [0.1, 0.15) is 11.1 Å². The van der Waals surface area contributed by atoms with E-state index in [2.05, 4.69) is 9.98 Å². The summed E-state index contributed by atoms with van der Waals surface area (Å²) >= 11 is 2.41. The summed E-state index contributed by atoms with van der Waals surface area (Å²) in [6, 6.07) is 13.7. The van der Waals surface area contributed by atoms with E-state index in [1.54, 1.807) is 0 Å². The molecule has 0 radical (unpaired) electrons. The Balaban J connectivity index is 1.64. The molecule has 0 aliphatic carbocycles. The van der Waals surface area contributed by atoms with E-state index in [-0.39, 0.29) is 21.7 Å². The number of benzene rings is 3. The highest BCUT2D eigenvalue weighted by molar-refractivity contribution is 8.13. The molecule has 0 saturated carbocycles. The first-order valence-electron chi connectivity index (χ1n) is 9.22. The van der Waals surface area contributed by atoms with Crippen LogP contribution >= 0.6 is 23.5 Å². The van der Waals surface area contributed by atoms with Gasteiger partial charge in [-0.05, 0) is 35.4 Å². The molecule has 4 nitrogen and oxygen atoms in total. The largest absolute Gasteiger partial charge is 0.378 e. The molecule has 32 heavy (non-hydrogen) atoms. The zero-order valence-electron chi connectivity index (χ0n) is 16.6. The first-order valence-corrected chi connectivity index (χ1v) is 11.2. The summed E-state index contributed by atoms with van der Waals surface area (Å²) in [5, 5.41) is 0.261. The molecule has 166 valence electrons. The van der Waals surface area contributed by atoms with Crippen LogP contribution in [0.2, 0.25) is 0 Å². The summed E-state index contributed by atoms with van der Waals surface area (Å²) in [5.41, 5.74) is 13.6. The van der Waals surface area contributed by atoms with Crippen molar-refractivity contribution in [2.75, 3.05) is 0 Å². The summed E-state index contributed by atoms with van der Waals surface area (Å²) in [6.07, 6.45) is 0. The van der Waals surface area contributed by atoms with E-state index in [1.165, 1.54) is 35.7 Å². The second-order valence-corrected chi connectivity index (χ2v) is 8.43. The van der Waals surface area contributed by atoms with Crippen LogP contribution in [0.25, 0.3) is 0 Å². The van der Waals surface area contributed by atoms with Crippen molar-refractivity contribution in [3.8, 4) is 0 Å². The fourth-order valence-corrected chi connectivity index (χ4v) is 4.08. The number of hydrogen-bond acceptors (Lipinski definition) is 4. The number of halogens is 4. The van der Waals surface area contributed by atoms with E-state index in [0.717, 1.165) is 35.4 Å². The highest BCUT2D eigenvalue weighted by Gasteiger charge is 2.08. The lowest BCUT2D eigenvalue weighted by molar-refractivity contribution is 0.584. The molecule has 0 saturated heterocycles. The Morgan fingerprint density at radius 3 is 1.44 bits per heavy atom. The second kappa shape index (κ2) is 11.1. The van der Waals surface area contributed by atoms with Crippen molar-refractivity contribution < 1.29 is 17.6 Å². The Morgan fingerprint density at radius 1 is 0.656 bits per heavy atom. The molecule has 0 spiro atoms. The number of thioether (sulfide) groups is 2. The van der Waals surface area contributed by atoms with Gasteiger partial charge in [0.15, 0.2) is 22.0 Å². The van der Waals surface area contributed by atoms with Crippen LogP contribution in [0.15, 0.2) is 70.6 Å². The Kier molecular flexibility index (Phi) is 8.18. The first kappa shape index (κ1) is 23.7. The number of hydrogen-bond donors (Lipinski definition) is 2. The molecule has 4 N–H and O–H groups in total. The number of amidine groups is 2. The molecule has 0 fully saturated rings. The monoisotopic (exact) mass is 478 g/mol. The topological polar surface area (TPSA) is 76.8 Å². The Bertz CT molecular complexity index is 1080. The van der Waals surface area contributed by atoms with Crippen LogP contribution in [-0.4, -0.2) is 10.3 Å². The van der Waals surface area contributed by atoms with Gasteiger partial charge in [-0.15, -0.1) is 0 Å².